The average molecular weight is 416 g/mol. The molecule has 0 radical (unpaired) electrons. The summed E-state index contributed by atoms with van der Waals surface area (Å²) in [5, 5.41) is 7.56. The van der Waals surface area contributed by atoms with E-state index < -0.39 is 0 Å². The Balaban J connectivity index is 1.49. The topological polar surface area (TPSA) is 54.9 Å². The van der Waals surface area contributed by atoms with Crippen LogP contribution in [0.3, 0.4) is 0 Å². The van der Waals surface area contributed by atoms with Gasteiger partial charge in [0.15, 0.2) is 5.96 Å². The van der Waals surface area contributed by atoms with Crippen LogP contribution < -0.4 is 15.4 Å². The van der Waals surface area contributed by atoms with Crippen LogP contribution in [0, 0.1) is 5.92 Å². The molecule has 2 unspecified atom stereocenters. The first-order valence-corrected chi connectivity index (χ1v) is 10.5. The van der Waals surface area contributed by atoms with Crippen molar-refractivity contribution < 1.29 is 9.47 Å². The molecule has 0 aromatic heterocycles. The largest absolute Gasteiger partial charge is 0.497 e. The minimum absolute atomic E-state index is 0.133. The van der Waals surface area contributed by atoms with Gasteiger partial charge in [0.25, 0.3) is 0 Å². The van der Waals surface area contributed by atoms with Gasteiger partial charge in [0, 0.05) is 37.7 Å². The number of benzene rings is 2. The van der Waals surface area contributed by atoms with Gasteiger partial charge in [0.05, 0.1) is 13.2 Å². The maximum atomic E-state index is 6.33. The van der Waals surface area contributed by atoms with Gasteiger partial charge in [-0.2, -0.15) is 0 Å². The molecule has 2 atom stereocenters. The fourth-order valence-electron chi connectivity index (χ4n) is 3.69. The smallest absolute Gasteiger partial charge is 0.190 e. The van der Waals surface area contributed by atoms with Crippen LogP contribution >= 0.6 is 11.6 Å². The summed E-state index contributed by atoms with van der Waals surface area (Å²) in [5.41, 5.74) is 2.33. The monoisotopic (exact) mass is 415 g/mol. The zero-order chi connectivity index (χ0) is 20.5. The van der Waals surface area contributed by atoms with E-state index in [4.69, 9.17) is 21.1 Å². The first kappa shape index (κ1) is 21.5. The maximum Gasteiger partial charge on any atom is 0.190 e. The van der Waals surface area contributed by atoms with Crippen molar-refractivity contribution in [1.29, 1.82) is 0 Å². The van der Waals surface area contributed by atoms with Gasteiger partial charge in [-0.05, 0) is 42.5 Å². The van der Waals surface area contributed by atoms with Crippen molar-refractivity contribution in [2.24, 2.45) is 10.9 Å². The summed E-state index contributed by atoms with van der Waals surface area (Å²) in [5.74, 6) is 1.99. The van der Waals surface area contributed by atoms with Crippen LogP contribution in [0.1, 0.15) is 30.1 Å². The van der Waals surface area contributed by atoms with Crippen LogP contribution in [0.2, 0.25) is 5.02 Å². The summed E-state index contributed by atoms with van der Waals surface area (Å²) in [6.07, 6.45) is 3.18. The second kappa shape index (κ2) is 11.1. The van der Waals surface area contributed by atoms with Crippen molar-refractivity contribution in [3.63, 3.8) is 0 Å². The third-order valence-electron chi connectivity index (χ3n) is 5.28. The number of rotatable bonds is 7. The molecule has 6 heteroatoms. The van der Waals surface area contributed by atoms with Gasteiger partial charge in [-0.25, -0.2) is 0 Å². The lowest BCUT2D eigenvalue weighted by atomic mass is 9.89. The van der Waals surface area contributed by atoms with Crippen molar-refractivity contribution in [1.82, 2.24) is 10.6 Å². The fourth-order valence-corrected chi connectivity index (χ4v) is 3.95. The molecule has 2 N–H and O–H groups in total. The summed E-state index contributed by atoms with van der Waals surface area (Å²) in [6.45, 7) is 2.39. The Labute approximate surface area is 178 Å². The molecule has 3 rings (SSSR count). The van der Waals surface area contributed by atoms with E-state index in [-0.39, 0.29) is 6.10 Å². The molecule has 0 spiro atoms. The van der Waals surface area contributed by atoms with E-state index in [9.17, 15) is 0 Å². The van der Waals surface area contributed by atoms with Crippen molar-refractivity contribution in [3.05, 3.63) is 64.7 Å². The molecule has 5 nitrogen and oxygen atoms in total. The minimum atomic E-state index is 0.133. The number of hydrogen-bond acceptors (Lipinski definition) is 3. The molecule has 2 aromatic carbocycles. The minimum Gasteiger partial charge on any atom is -0.497 e. The van der Waals surface area contributed by atoms with E-state index in [0.717, 1.165) is 61.3 Å². The molecule has 156 valence electrons. The van der Waals surface area contributed by atoms with Gasteiger partial charge in [-0.15, -0.1) is 0 Å². The Hall–Kier alpha value is -2.24. The number of halogens is 1. The first-order chi connectivity index (χ1) is 14.2. The molecule has 1 aliphatic heterocycles. The second-order valence-corrected chi connectivity index (χ2v) is 7.60. The van der Waals surface area contributed by atoms with E-state index >= 15 is 0 Å². The highest BCUT2D eigenvalue weighted by Crippen LogP contribution is 2.33. The Morgan fingerprint density at radius 2 is 2.03 bits per heavy atom. The molecule has 1 fully saturated rings. The highest BCUT2D eigenvalue weighted by Gasteiger charge is 2.27. The number of aliphatic imine (C=N–C) groups is 1. The molecule has 0 bridgehead atoms. The quantitative estimate of drug-likeness (QED) is 0.525. The molecular formula is C23H30ClN3O2. The molecule has 29 heavy (non-hydrogen) atoms. The predicted molar refractivity (Wildman–Crippen MR) is 119 cm³/mol. The van der Waals surface area contributed by atoms with E-state index in [1.165, 1.54) is 5.56 Å². The van der Waals surface area contributed by atoms with Crippen LogP contribution in [0.15, 0.2) is 53.5 Å². The van der Waals surface area contributed by atoms with Crippen LogP contribution in [-0.2, 0) is 11.2 Å². The Morgan fingerprint density at radius 1 is 1.21 bits per heavy atom. The Bertz CT molecular complexity index is 798. The summed E-state index contributed by atoms with van der Waals surface area (Å²) in [6, 6.07) is 16.3. The molecular weight excluding hydrogens is 386 g/mol. The van der Waals surface area contributed by atoms with Crippen molar-refractivity contribution >= 4 is 17.6 Å². The zero-order valence-electron chi connectivity index (χ0n) is 17.2. The van der Waals surface area contributed by atoms with Gasteiger partial charge in [-0.3, -0.25) is 4.99 Å². The summed E-state index contributed by atoms with van der Waals surface area (Å²) in [7, 11) is 3.43. The number of methoxy groups -OCH3 is 1. The highest BCUT2D eigenvalue weighted by molar-refractivity contribution is 6.31. The van der Waals surface area contributed by atoms with Crippen LogP contribution in [0.5, 0.6) is 5.75 Å². The lowest BCUT2D eigenvalue weighted by Gasteiger charge is -2.32. The average Bonchev–Trinajstić information content (AvgIpc) is 2.77. The Morgan fingerprint density at radius 3 is 2.76 bits per heavy atom. The van der Waals surface area contributed by atoms with Crippen LogP contribution in [0.4, 0.5) is 0 Å². The van der Waals surface area contributed by atoms with E-state index in [2.05, 4.69) is 39.9 Å². The lowest BCUT2D eigenvalue weighted by molar-refractivity contribution is -0.0265. The zero-order valence-corrected chi connectivity index (χ0v) is 17.9. The number of nitrogens with zero attached hydrogens (tertiary/aromatic N) is 1. The van der Waals surface area contributed by atoms with Gasteiger partial charge < -0.3 is 20.1 Å². The number of hydrogen-bond donors (Lipinski definition) is 2. The van der Waals surface area contributed by atoms with Crippen LogP contribution in [0.25, 0.3) is 0 Å². The van der Waals surface area contributed by atoms with Gasteiger partial charge in [0.1, 0.15) is 5.75 Å². The maximum absolute atomic E-state index is 6.33. The predicted octanol–water partition coefficient (Wildman–Crippen LogP) is 4.22. The summed E-state index contributed by atoms with van der Waals surface area (Å²) >= 11 is 6.33. The van der Waals surface area contributed by atoms with Gasteiger partial charge in [-0.1, -0.05) is 48.0 Å². The molecule has 1 heterocycles. The second-order valence-electron chi connectivity index (χ2n) is 7.19. The molecule has 0 aliphatic carbocycles. The molecule has 0 amide bonds. The first-order valence-electron chi connectivity index (χ1n) is 10.1. The standard InChI is InChI=1S/C23H30ClN3O2/c1-25-23(26-13-12-17-10-11-20(28-2)15-21(17)24)27-16-19-9-6-14-29-22(19)18-7-4-3-5-8-18/h3-5,7-8,10-11,15,19,22H,6,9,12-14,16H2,1-2H3,(H2,25,26,27). The van der Waals surface area contributed by atoms with Crippen LogP contribution in [-0.4, -0.2) is 39.8 Å². The van der Waals surface area contributed by atoms with Crippen molar-refractivity contribution in [2.75, 3.05) is 33.9 Å². The SMILES string of the molecule is CN=C(NCCc1ccc(OC)cc1Cl)NCC1CCCOC1c1ccccc1. The lowest BCUT2D eigenvalue weighted by Crippen LogP contribution is -2.42. The molecule has 1 aliphatic rings. The number of guanidine groups is 1. The number of nitrogens with one attached hydrogen (secondary N) is 2. The van der Waals surface area contributed by atoms with E-state index in [0.29, 0.717) is 5.92 Å². The van der Waals surface area contributed by atoms with Gasteiger partial charge in [0.2, 0.25) is 0 Å². The molecule has 0 saturated carbocycles. The third kappa shape index (κ3) is 6.12. The third-order valence-corrected chi connectivity index (χ3v) is 5.63. The summed E-state index contributed by atoms with van der Waals surface area (Å²) < 4.78 is 11.3. The normalized spacial score (nSPS) is 19.6. The molecule has 1 saturated heterocycles. The Kier molecular flexibility index (Phi) is 8.20. The van der Waals surface area contributed by atoms with E-state index in [1.54, 1.807) is 14.2 Å². The fraction of sp³-hybridized carbons (Fsp3) is 0.435. The number of ether oxygens (including phenoxy) is 2. The molecule has 2 aromatic rings. The van der Waals surface area contributed by atoms with Crippen molar-refractivity contribution in [2.45, 2.75) is 25.4 Å². The highest BCUT2D eigenvalue weighted by atomic mass is 35.5. The van der Waals surface area contributed by atoms with Gasteiger partial charge >= 0.3 is 0 Å². The van der Waals surface area contributed by atoms with Crippen molar-refractivity contribution in [3.8, 4) is 5.75 Å². The van der Waals surface area contributed by atoms with E-state index in [1.807, 2.05) is 24.3 Å². The summed E-state index contributed by atoms with van der Waals surface area (Å²) in [4.78, 5) is 4.35.